The van der Waals surface area contributed by atoms with Gasteiger partial charge in [0.15, 0.2) is 0 Å². The van der Waals surface area contributed by atoms with Crippen LogP contribution in [0, 0.1) is 0 Å². The van der Waals surface area contributed by atoms with Crippen molar-refractivity contribution in [2.75, 3.05) is 44.7 Å². The molecule has 1 aromatic carbocycles. The summed E-state index contributed by atoms with van der Waals surface area (Å²) in [5.41, 5.74) is 2.32. The SMILES string of the molecule is COc1ccccc1N1CCN(CCCC2CC(c3cccs3)=NO2)CC1. The van der Waals surface area contributed by atoms with Gasteiger partial charge < -0.3 is 14.5 Å². The summed E-state index contributed by atoms with van der Waals surface area (Å²) in [4.78, 5) is 11.9. The van der Waals surface area contributed by atoms with Crippen LogP contribution in [0.4, 0.5) is 5.69 Å². The van der Waals surface area contributed by atoms with Gasteiger partial charge >= 0.3 is 0 Å². The summed E-state index contributed by atoms with van der Waals surface area (Å²) >= 11 is 1.74. The molecule has 6 heteroatoms. The number of anilines is 1. The molecule has 1 aromatic heterocycles. The molecule has 0 aliphatic carbocycles. The van der Waals surface area contributed by atoms with Crippen molar-refractivity contribution in [3.05, 3.63) is 46.7 Å². The highest BCUT2D eigenvalue weighted by Gasteiger charge is 2.23. The van der Waals surface area contributed by atoms with Crippen molar-refractivity contribution in [3.8, 4) is 5.75 Å². The molecule has 0 saturated carbocycles. The number of ether oxygens (including phenoxy) is 1. The topological polar surface area (TPSA) is 37.3 Å². The zero-order valence-electron chi connectivity index (χ0n) is 15.8. The Hall–Kier alpha value is -2.05. The minimum absolute atomic E-state index is 0.247. The van der Waals surface area contributed by atoms with Gasteiger partial charge in [-0.2, -0.15) is 0 Å². The Kier molecular flexibility index (Phi) is 5.94. The lowest BCUT2D eigenvalue weighted by molar-refractivity contribution is 0.0745. The summed E-state index contributed by atoms with van der Waals surface area (Å²) in [5, 5.41) is 6.37. The molecule has 1 saturated heterocycles. The maximum Gasteiger partial charge on any atom is 0.142 e. The van der Waals surface area contributed by atoms with Crippen LogP contribution in [0.2, 0.25) is 0 Å². The van der Waals surface area contributed by atoms with Gasteiger partial charge in [0, 0.05) is 32.6 Å². The van der Waals surface area contributed by atoms with Crippen LogP contribution in [-0.2, 0) is 4.84 Å². The first kappa shape index (κ1) is 18.3. The molecule has 0 amide bonds. The molecular formula is C21H27N3O2S. The molecule has 0 radical (unpaired) electrons. The molecule has 144 valence electrons. The number of hydrogen-bond acceptors (Lipinski definition) is 6. The van der Waals surface area contributed by atoms with Crippen LogP contribution in [0.1, 0.15) is 24.1 Å². The van der Waals surface area contributed by atoms with Gasteiger partial charge in [-0.25, -0.2) is 0 Å². The van der Waals surface area contributed by atoms with E-state index in [1.54, 1.807) is 18.4 Å². The van der Waals surface area contributed by atoms with Crippen LogP contribution < -0.4 is 9.64 Å². The summed E-state index contributed by atoms with van der Waals surface area (Å²) in [6.45, 7) is 5.42. The summed E-state index contributed by atoms with van der Waals surface area (Å²) < 4.78 is 5.50. The molecule has 2 aliphatic rings. The van der Waals surface area contributed by atoms with E-state index in [0.717, 1.165) is 63.4 Å². The van der Waals surface area contributed by atoms with Crippen molar-refractivity contribution in [2.45, 2.75) is 25.4 Å². The largest absolute Gasteiger partial charge is 0.495 e. The van der Waals surface area contributed by atoms with E-state index >= 15 is 0 Å². The molecule has 0 spiro atoms. The summed E-state index contributed by atoms with van der Waals surface area (Å²) in [6, 6.07) is 12.5. The van der Waals surface area contributed by atoms with E-state index in [1.807, 2.05) is 12.1 Å². The van der Waals surface area contributed by atoms with Crippen molar-refractivity contribution < 1.29 is 9.57 Å². The molecule has 2 aromatic rings. The first-order valence-electron chi connectivity index (χ1n) is 9.70. The molecule has 3 heterocycles. The Labute approximate surface area is 165 Å². The minimum Gasteiger partial charge on any atom is -0.495 e. The van der Waals surface area contributed by atoms with E-state index in [4.69, 9.17) is 9.57 Å². The quantitative estimate of drug-likeness (QED) is 0.725. The van der Waals surface area contributed by atoms with Crippen LogP contribution >= 0.6 is 11.3 Å². The number of thiophene rings is 1. The second-order valence-electron chi connectivity index (χ2n) is 7.09. The molecule has 1 fully saturated rings. The molecule has 2 aliphatic heterocycles. The lowest BCUT2D eigenvalue weighted by Crippen LogP contribution is -2.46. The van der Waals surface area contributed by atoms with Crippen LogP contribution in [0.25, 0.3) is 0 Å². The molecule has 4 rings (SSSR count). The van der Waals surface area contributed by atoms with Gasteiger partial charge in [0.25, 0.3) is 0 Å². The van der Waals surface area contributed by atoms with E-state index < -0.39 is 0 Å². The van der Waals surface area contributed by atoms with E-state index in [0.29, 0.717) is 0 Å². The number of piperazine rings is 1. The number of oxime groups is 1. The molecule has 1 atom stereocenters. The summed E-state index contributed by atoms with van der Waals surface area (Å²) in [7, 11) is 1.74. The molecule has 0 N–H and O–H groups in total. The van der Waals surface area contributed by atoms with Gasteiger partial charge in [0.1, 0.15) is 17.6 Å². The fourth-order valence-corrected chi connectivity index (χ4v) is 4.53. The van der Waals surface area contributed by atoms with Crippen LogP contribution in [0.5, 0.6) is 5.75 Å². The van der Waals surface area contributed by atoms with Crippen LogP contribution in [-0.4, -0.2) is 56.5 Å². The Morgan fingerprint density at radius 1 is 1.15 bits per heavy atom. The standard InChI is InChI=1S/C21H27N3O2S/c1-25-20-8-3-2-7-19(20)24-13-11-23(12-14-24)10-4-6-17-16-18(22-26-17)21-9-5-15-27-21/h2-3,5,7-9,15,17H,4,6,10-14,16H2,1H3. The highest BCUT2D eigenvalue weighted by atomic mass is 32.1. The third-order valence-electron chi connectivity index (χ3n) is 5.34. The predicted octanol–water partition coefficient (Wildman–Crippen LogP) is 3.85. The zero-order valence-corrected chi connectivity index (χ0v) is 16.7. The van der Waals surface area contributed by atoms with Crippen molar-refractivity contribution >= 4 is 22.7 Å². The first-order valence-corrected chi connectivity index (χ1v) is 10.6. The number of para-hydroxylation sites is 2. The highest BCUT2D eigenvalue weighted by molar-refractivity contribution is 7.12. The normalized spacial score (nSPS) is 20.4. The van der Waals surface area contributed by atoms with E-state index in [1.165, 1.54) is 10.6 Å². The number of nitrogens with zero attached hydrogens (tertiary/aromatic N) is 3. The average molecular weight is 386 g/mol. The van der Waals surface area contributed by atoms with Gasteiger partial charge in [-0.05, 0) is 43.0 Å². The average Bonchev–Trinajstić information content (AvgIpc) is 3.40. The lowest BCUT2D eigenvalue weighted by Gasteiger charge is -2.36. The van der Waals surface area contributed by atoms with Crippen molar-refractivity contribution in [1.82, 2.24) is 4.90 Å². The Morgan fingerprint density at radius 2 is 2.00 bits per heavy atom. The Bertz CT molecular complexity index is 755. The van der Waals surface area contributed by atoms with Crippen molar-refractivity contribution in [2.24, 2.45) is 5.16 Å². The predicted molar refractivity (Wildman–Crippen MR) is 111 cm³/mol. The minimum atomic E-state index is 0.247. The third kappa shape index (κ3) is 4.45. The first-order chi connectivity index (χ1) is 13.3. The number of methoxy groups -OCH3 is 1. The number of rotatable bonds is 7. The van der Waals surface area contributed by atoms with Crippen molar-refractivity contribution in [1.29, 1.82) is 0 Å². The fraction of sp³-hybridized carbons (Fsp3) is 0.476. The second-order valence-corrected chi connectivity index (χ2v) is 8.04. The van der Waals surface area contributed by atoms with Gasteiger partial charge in [-0.15, -0.1) is 11.3 Å². The smallest absolute Gasteiger partial charge is 0.142 e. The van der Waals surface area contributed by atoms with Gasteiger partial charge in [0.2, 0.25) is 0 Å². The highest BCUT2D eigenvalue weighted by Crippen LogP contribution is 2.28. The fourth-order valence-electron chi connectivity index (χ4n) is 3.82. The van der Waals surface area contributed by atoms with Gasteiger partial charge in [-0.3, -0.25) is 4.90 Å². The monoisotopic (exact) mass is 385 g/mol. The van der Waals surface area contributed by atoms with E-state index in [9.17, 15) is 0 Å². The zero-order chi connectivity index (χ0) is 18.5. The summed E-state index contributed by atoms with van der Waals surface area (Å²) in [5.74, 6) is 0.964. The number of benzene rings is 1. The number of hydrogen-bond donors (Lipinski definition) is 0. The molecule has 5 nitrogen and oxygen atoms in total. The third-order valence-corrected chi connectivity index (χ3v) is 6.26. The maximum absolute atomic E-state index is 5.63. The van der Waals surface area contributed by atoms with Crippen LogP contribution in [0.3, 0.4) is 0 Å². The molecular weight excluding hydrogens is 358 g/mol. The van der Waals surface area contributed by atoms with Gasteiger partial charge in [-0.1, -0.05) is 23.4 Å². The van der Waals surface area contributed by atoms with Crippen molar-refractivity contribution in [3.63, 3.8) is 0 Å². The Morgan fingerprint density at radius 3 is 2.78 bits per heavy atom. The molecule has 27 heavy (non-hydrogen) atoms. The van der Waals surface area contributed by atoms with E-state index in [2.05, 4.69) is 44.6 Å². The second kappa shape index (κ2) is 8.76. The molecule has 1 unspecified atom stereocenters. The maximum atomic E-state index is 5.63. The van der Waals surface area contributed by atoms with Gasteiger partial charge in [0.05, 0.1) is 17.7 Å². The Balaban J connectivity index is 1.17. The van der Waals surface area contributed by atoms with E-state index in [-0.39, 0.29) is 6.10 Å². The summed E-state index contributed by atoms with van der Waals surface area (Å²) in [6.07, 6.45) is 3.43. The van der Waals surface area contributed by atoms with Crippen LogP contribution in [0.15, 0.2) is 46.9 Å². The lowest BCUT2D eigenvalue weighted by atomic mass is 10.1. The molecule has 0 bridgehead atoms.